The number of benzene rings is 1. The van der Waals surface area contributed by atoms with Crippen molar-refractivity contribution in [2.45, 2.75) is 52.1 Å². The van der Waals surface area contributed by atoms with Crippen LogP contribution in [0.1, 0.15) is 50.2 Å². The lowest BCUT2D eigenvalue weighted by Crippen LogP contribution is -3.14. The van der Waals surface area contributed by atoms with Crippen molar-refractivity contribution in [1.29, 1.82) is 0 Å². The number of hydrogen-bond donors (Lipinski definition) is 2. The molecular weight excluding hydrogens is 262 g/mol. The first-order valence-electron chi connectivity index (χ1n) is 8.31. The molecule has 1 aliphatic heterocycles. The summed E-state index contributed by atoms with van der Waals surface area (Å²) in [6.07, 6.45) is 3.55. The molecule has 0 bridgehead atoms. The van der Waals surface area contributed by atoms with Gasteiger partial charge in [0, 0.05) is 0 Å². The van der Waals surface area contributed by atoms with Crippen LogP contribution in [-0.4, -0.2) is 37.5 Å². The minimum absolute atomic E-state index is 0.372. The molecule has 0 unspecified atom stereocenters. The molecule has 1 aliphatic rings. The first-order valence-corrected chi connectivity index (χ1v) is 8.31. The number of ether oxygens (including phenoxy) is 1. The smallest absolute Gasteiger partial charge is 0.137 e. The van der Waals surface area contributed by atoms with E-state index in [-0.39, 0.29) is 6.10 Å². The number of aliphatic hydroxyl groups excluding tert-OH is 1. The van der Waals surface area contributed by atoms with Crippen LogP contribution in [-0.2, 0) is 0 Å². The maximum atomic E-state index is 10.1. The van der Waals surface area contributed by atoms with Crippen molar-refractivity contribution in [3.8, 4) is 5.75 Å². The average molecular weight is 292 g/mol. The Labute approximate surface area is 128 Å². The summed E-state index contributed by atoms with van der Waals surface area (Å²) < 4.78 is 5.76. The fourth-order valence-corrected chi connectivity index (χ4v) is 3.23. The molecule has 0 spiro atoms. The summed E-state index contributed by atoms with van der Waals surface area (Å²) in [6.45, 7) is 10.1. The molecule has 3 nitrogen and oxygen atoms in total. The molecule has 0 radical (unpaired) electrons. The molecule has 3 heteroatoms. The molecule has 0 amide bonds. The highest BCUT2D eigenvalue weighted by Crippen LogP contribution is 2.23. The standard InChI is InChI=1S/C18H29NO2/c1-14(2)18-8-7-17(11-15(18)3)21-13-16(20)12-19-9-5-4-6-10-19/h7-8,11,14,16,20H,4-6,9-10,12-13H2,1-3H3/p+1/t16-/m1/s1. The van der Waals surface area contributed by atoms with Gasteiger partial charge in [-0.25, -0.2) is 0 Å². The van der Waals surface area contributed by atoms with E-state index in [4.69, 9.17) is 4.74 Å². The van der Waals surface area contributed by atoms with E-state index in [1.807, 2.05) is 6.07 Å². The zero-order valence-electron chi connectivity index (χ0n) is 13.7. The van der Waals surface area contributed by atoms with E-state index in [1.165, 1.54) is 48.4 Å². The van der Waals surface area contributed by atoms with E-state index in [1.54, 1.807) is 0 Å². The van der Waals surface area contributed by atoms with Crippen molar-refractivity contribution in [3.63, 3.8) is 0 Å². The molecule has 0 saturated carbocycles. The summed E-state index contributed by atoms with van der Waals surface area (Å²) in [6, 6.07) is 6.23. The summed E-state index contributed by atoms with van der Waals surface area (Å²) in [5.41, 5.74) is 2.62. The third-order valence-corrected chi connectivity index (χ3v) is 4.39. The molecule has 0 aromatic heterocycles. The van der Waals surface area contributed by atoms with Crippen molar-refractivity contribution in [3.05, 3.63) is 29.3 Å². The molecule has 1 heterocycles. The van der Waals surface area contributed by atoms with Crippen LogP contribution in [0.15, 0.2) is 18.2 Å². The Hall–Kier alpha value is -1.06. The quantitative estimate of drug-likeness (QED) is 0.840. The lowest BCUT2D eigenvalue weighted by atomic mass is 9.98. The fraction of sp³-hybridized carbons (Fsp3) is 0.667. The number of aryl methyl sites for hydroxylation is 1. The summed E-state index contributed by atoms with van der Waals surface area (Å²) in [5.74, 6) is 1.40. The SMILES string of the molecule is Cc1cc(OC[C@H](O)C[NH+]2CCCCC2)ccc1C(C)C. The molecule has 2 rings (SSSR count). The largest absolute Gasteiger partial charge is 0.491 e. The van der Waals surface area contributed by atoms with Crippen LogP contribution in [0.25, 0.3) is 0 Å². The van der Waals surface area contributed by atoms with E-state index in [0.29, 0.717) is 12.5 Å². The molecule has 0 aliphatic carbocycles. The highest BCUT2D eigenvalue weighted by molar-refractivity contribution is 5.36. The summed E-state index contributed by atoms with van der Waals surface area (Å²) in [5, 5.41) is 10.1. The second-order valence-corrected chi connectivity index (χ2v) is 6.65. The van der Waals surface area contributed by atoms with E-state index < -0.39 is 0 Å². The van der Waals surface area contributed by atoms with Crippen LogP contribution in [0.4, 0.5) is 0 Å². The zero-order valence-corrected chi connectivity index (χ0v) is 13.7. The second kappa shape index (κ2) is 7.81. The minimum atomic E-state index is -0.372. The molecule has 118 valence electrons. The number of likely N-dealkylation sites (tertiary alicyclic amines) is 1. The third kappa shape index (κ3) is 5.01. The van der Waals surface area contributed by atoms with E-state index in [9.17, 15) is 5.11 Å². The molecule has 1 aromatic rings. The normalized spacial score (nSPS) is 18.0. The van der Waals surface area contributed by atoms with Gasteiger partial charge in [-0.1, -0.05) is 19.9 Å². The van der Waals surface area contributed by atoms with Gasteiger partial charge < -0.3 is 14.7 Å². The Morgan fingerprint density at radius 1 is 1.19 bits per heavy atom. The first kappa shape index (κ1) is 16.3. The second-order valence-electron chi connectivity index (χ2n) is 6.65. The van der Waals surface area contributed by atoms with Crippen LogP contribution >= 0.6 is 0 Å². The predicted octanol–water partition coefficient (Wildman–Crippen LogP) is 1.93. The fourth-order valence-electron chi connectivity index (χ4n) is 3.23. The summed E-state index contributed by atoms with van der Waals surface area (Å²) in [7, 11) is 0. The highest BCUT2D eigenvalue weighted by Gasteiger charge is 2.18. The number of quaternary nitrogens is 1. The zero-order chi connectivity index (χ0) is 15.2. The van der Waals surface area contributed by atoms with Crippen LogP contribution in [0.5, 0.6) is 5.75 Å². The van der Waals surface area contributed by atoms with Crippen LogP contribution in [0.3, 0.4) is 0 Å². The van der Waals surface area contributed by atoms with Crippen molar-refractivity contribution < 1.29 is 14.7 Å². The first-order chi connectivity index (χ1) is 10.1. The maximum absolute atomic E-state index is 10.1. The molecule has 1 aromatic carbocycles. The van der Waals surface area contributed by atoms with Crippen molar-refractivity contribution in [1.82, 2.24) is 0 Å². The third-order valence-electron chi connectivity index (χ3n) is 4.39. The van der Waals surface area contributed by atoms with Gasteiger partial charge >= 0.3 is 0 Å². The minimum Gasteiger partial charge on any atom is -0.491 e. The van der Waals surface area contributed by atoms with Gasteiger partial charge in [-0.15, -0.1) is 0 Å². The van der Waals surface area contributed by atoms with Gasteiger partial charge in [-0.3, -0.25) is 0 Å². The predicted molar refractivity (Wildman–Crippen MR) is 86.2 cm³/mol. The Morgan fingerprint density at radius 3 is 2.52 bits per heavy atom. The maximum Gasteiger partial charge on any atom is 0.137 e. The Balaban J connectivity index is 1.80. The van der Waals surface area contributed by atoms with Crippen LogP contribution in [0.2, 0.25) is 0 Å². The lowest BCUT2D eigenvalue weighted by molar-refractivity contribution is -0.908. The number of nitrogens with one attached hydrogen (secondary N) is 1. The van der Waals surface area contributed by atoms with Gasteiger partial charge in [0.05, 0.1) is 13.1 Å². The lowest BCUT2D eigenvalue weighted by Gasteiger charge is -2.25. The topological polar surface area (TPSA) is 33.9 Å². The number of hydrogen-bond acceptors (Lipinski definition) is 2. The molecule has 1 saturated heterocycles. The van der Waals surface area contributed by atoms with Crippen molar-refractivity contribution >= 4 is 0 Å². The van der Waals surface area contributed by atoms with Gasteiger partial charge in [0.1, 0.15) is 25.0 Å². The van der Waals surface area contributed by atoms with Crippen molar-refractivity contribution in [2.24, 2.45) is 0 Å². The average Bonchev–Trinajstić information content (AvgIpc) is 2.46. The van der Waals surface area contributed by atoms with Gasteiger partial charge in [0.2, 0.25) is 0 Å². The molecule has 1 atom stereocenters. The van der Waals surface area contributed by atoms with Crippen LogP contribution in [0, 0.1) is 6.92 Å². The highest BCUT2D eigenvalue weighted by atomic mass is 16.5. The van der Waals surface area contributed by atoms with Gasteiger partial charge in [0.15, 0.2) is 0 Å². The van der Waals surface area contributed by atoms with E-state index >= 15 is 0 Å². The number of aliphatic hydroxyl groups is 1. The van der Waals surface area contributed by atoms with Gasteiger partial charge in [-0.05, 0) is 55.4 Å². The molecule has 1 fully saturated rings. The van der Waals surface area contributed by atoms with Gasteiger partial charge in [0.25, 0.3) is 0 Å². The number of piperidine rings is 1. The van der Waals surface area contributed by atoms with Gasteiger partial charge in [-0.2, -0.15) is 0 Å². The monoisotopic (exact) mass is 292 g/mol. The molecular formula is C18H30NO2+. The summed E-state index contributed by atoms with van der Waals surface area (Å²) in [4.78, 5) is 1.52. The molecule has 21 heavy (non-hydrogen) atoms. The van der Waals surface area contributed by atoms with Crippen LogP contribution < -0.4 is 9.64 Å². The summed E-state index contributed by atoms with van der Waals surface area (Å²) >= 11 is 0. The number of rotatable bonds is 6. The Bertz CT molecular complexity index is 439. The van der Waals surface area contributed by atoms with E-state index in [2.05, 4.69) is 32.9 Å². The Morgan fingerprint density at radius 2 is 1.90 bits per heavy atom. The Kier molecular flexibility index (Phi) is 6.07. The molecule has 2 N–H and O–H groups in total. The van der Waals surface area contributed by atoms with Crippen molar-refractivity contribution in [2.75, 3.05) is 26.2 Å². The van der Waals surface area contributed by atoms with E-state index in [0.717, 1.165) is 12.3 Å².